The van der Waals surface area contributed by atoms with Gasteiger partial charge in [0.15, 0.2) is 0 Å². The number of unbranched alkanes of at least 4 members (excludes halogenated alkanes) is 1. The van der Waals surface area contributed by atoms with Crippen molar-refractivity contribution in [2.45, 2.75) is 77.6 Å². The third-order valence-electron chi connectivity index (χ3n) is 7.69. The van der Waals surface area contributed by atoms with Crippen LogP contribution in [0.25, 0.3) is 0 Å². The second kappa shape index (κ2) is 8.57. The Kier molecular flexibility index (Phi) is 5.99. The van der Waals surface area contributed by atoms with Crippen molar-refractivity contribution in [1.29, 1.82) is 0 Å². The van der Waals surface area contributed by atoms with Crippen LogP contribution in [0.5, 0.6) is 5.75 Å². The quantitative estimate of drug-likeness (QED) is 0.213. The van der Waals surface area contributed by atoms with Gasteiger partial charge in [-0.3, -0.25) is 0 Å². The van der Waals surface area contributed by atoms with E-state index in [1.165, 1.54) is 31.7 Å². The molecule has 1 aromatic rings. The van der Waals surface area contributed by atoms with Crippen LogP contribution in [-0.4, -0.2) is 49.1 Å². The van der Waals surface area contributed by atoms with Gasteiger partial charge in [0.2, 0.25) is 0 Å². The number of halogens is 2. The summed E-state index contributed by atoms with van der Waals surface area (Å²) in [5.41, 5.74) is 1.07. The summed E-state index contributed by atoms with van der Waals surface area (Å²) < 4.78 is 27.0. The van der Waals surface area contributed by atoms with Crippen molar-refractivity contribution < 1.29 is 18.7 Å². The second-order valence-electron chi connectivity index (χ2n) is 9.43. The Hall–Kier alpha value is -0.890. The molecule has 4 aliphatic rings. The van der Waals surface area contributed by atoms with Crippen molar-refractivity contribution in [2.24, 2.45) is 0 Å². The van der Waals surface area contributed by atoms with Crippen LogP contribution >= 0.6 is 19.8 Å². The van der Waals surface area contributed by atoms with E-state index < -0.39 is 19.8 Å². The van der Waals surface area contributed by atoms with Gasteiger partial charge < -0.3 is 0 Å². The average molecular weight is 529 g/mol. The standard InChI is InChI=1S/C24H33FINO3/c1-2-3-12-29-23(28)26-18-5-6-19(26)15-20(14-18)27-10-8-24(9-11-27)16-30-22-7-4-17(25)13-21(22)24/h4,7,13,18-20H,2-3,5-6,8-12,14-16H2,1H3. The number of hydrogen-bond donors (Lipinski definition) is 0. The number of ether oxygens (including phenoxy) is 2. The fourth-order valence-electron chi connectivity index (χ4n) is 5.94. The van der Waals surface area contributed by atoms with Crippen molar-refractivity contribution in [3.05, 3.63) is 29.6 Å². The average Bonchev–Trinajstić information content (AvgIpc) is 3.23. The first-order valence-electron chi connectivity index (χ1n) is 11.6. The van der Waals surface area contributed by atoms with Gasteiger partial charge >= 0.3 is 187 Å². The number of fused-ring (bicyclic) bond motifs is 4. The first kappa shape index (κ1) is 21.0. The molecule has 0 aliphatic carbocycles. The maximum atomic E-state index is 13.9. The van der Waals surface area contributed by atoms with Gasteiger partial charge in [-0.05, 0) is 0 Å². The van der Waals surface area contributed by atoms with Crippen molar-refractivity contribution >= 4 is 23.8 Å². The molecular weight excluding hydrogens is 496 g/mol. The van der Waals surface area contributed by atoms with Crippen LogP contribution < -0.4 is 4.74 Å². The number of hydrogen-bond acceptors (Lipinski definition) is 4. The Balaban J connectivity index is 1.20. The normalized spacial score (nSPS) is 30.9. The predicted octanol–water partition coefficient (Wildman–Crippen LogP) is 5.69. The Morgan fingerprint density at radius 1 is 1.27 bits per heavy atom. The van der Waals surface area contributed by atoms with Crippen LogP contribution in [0.15, 0.2) is 18.2 Å². The van der Waals surface area contributed by atoms with E-state index in [9.17, 15) is 9.18 Å². The van der Waals surface area contributed by atoms with Gasteiger partial charge in [-0.25, -0.2) is 0 Å². The zero-order chi connectivity index (χ0) is 20.7. The number of alkyl halides is 2. The summed E-state index contributed by atoms with van der Waals surface area (Å²) in [6.45, 7) is 5.55. The summed E-state index contributed by atoms with van der Waals surface area (Å²) in [7, 11) is 0. The number of rotatable bonds is 5. The van der Waals surface area contributed by atoms with Crippen molar-refractivity contribution in [3.8, 4) is 5.75 Å². The zero-order valence-electron chi connectivity index (χ0n) is 17.9. The van der Waals surface area contributed by atoms with Gasteiger partial charge in [0, 0.05) is 0 Å². The molecule has 4 nitrogen and oxygen atoms in total. The molecule has 2 bridgehead atoms. The molecule has 30 heavy (non-hydrogen) atoms. The van der Waals surface area contributed by atoms with Crippen molar-refractivity contribution in [1.82, 2.24) is 4.90 Å². The fraction of sp³-hybridized carbons (Fsp3) is 0.708. The molecule has 6 heteroatoms. The molecule has 4 heterocycles. The Morgan fingerprint density at radius 2 is 2.00 bits per heavy atom. The Bertz CT molecular complexity index is 781. The summed E-state index contributed by atoms with van der Waals surface area (Å²) in [5, 5.41) is 0. The number of piperidine rings is 1. The monoisotopic (exact) mass is 529 g/mol. The van der Waals surface area contributed by atoms with E-state index in [2.05, 4.69) is 11.8 Å². The predicted molar refractivity (Wildman–Crippen MR) is 124 cm³/mol. The first-order chi connectivity index (χ1) is 14.6. The van der Waals surface area contributed by atoms with Gasteiger partial charge in [-0.2, -0.15) is 0 Å². The van der Waals surface area contributed by atoms with E-state index in [0.29, 0.717) is 27.1 Å². The number of nitrogens with zero attached hydrogens (tertiary/aromatic N) is 1. The summed E-state index contributed by atoms with van der Waals surface area (Å²) >= 11 is -1.66. The summed E-state index contributed by atoms with van der Waals surface area (Å²) in [4.78, 5) is 15.4. The van der Waals surface area contributed by atoms with Crippen molar-refractivity contribution in [3.63, 3.8) is 0 Å². The third-order valence-corrected chi connectivity index (χ3v) is 15.1. The molecule has 0 aromatic heterocycles. The van der Waals surface area contributed by atoms with Gasteiger partial charge in [-0.1, -0.05) is 0 Å². The molecule has 2 unspecified atom stereocenters. The molecule has 4 aliphatic heterocycles. The molecule has 1 spiro atoms. The minimum atomic E-state index is -1.66. The molecule has 5 rings (SSSR count). The van der Waals surface area contributed by atoms with Crippen LogP contribution in [0.3, 0.4) is 0 Å². The zero-order valence-corrected chi connectivity index (χ0v) is 20.0. The summed E-state index contributed by atoms with van der Waals surface area (Å²) in [6, 6.07) is 5.60. The van der Waals surface area contributed by atoms with E-state index in [1.54, 1.807) is 12.1 Å². The van der Waals surface area contributed by atoms with Gasteiger partial charge in [0.1, 0.15) is 0 Å². The summed E-state index contributed by atoms with van der Waals surface area (Å²) in [6.07, 6.45) is 9.01. The minimum absolute atomic E-state index is 0.0108. The maximum absolute atomic E-state index is 13.9. The van der Waals surface area contributed by atoms with Crippen molar-refractivity contribution in [2.75, 3.05) is 26.3 Å². The van der Waals surface area contributed by atoms with E-state index in [1.807, 2.05) is 0 Å². The van der Waals surface area contributed by atoms with E-state index >= 15 is 0 Å². The first-order valence-corrected chi connectivity index (χ1v) is 15.2. The molecule has 0 saturated carbocycles. The van der Waals surface area contributed by atoms with E-state index in [-0.39, 0.29) is 15.2 Å². The topological polar surface area (TPSA) is 38.8 Å². The molecule has 166 valence electrons. The SMILES string of the molecule is CCCCOC(=O)I1C2CCC1CC(N1CCC3(CC1)COc1ccc(F)cc13)C2. The number of likely N-dealkylation sites (tertiary alicyclic amines) is 1. The van der Waals surface area contributed by atoms with Crippen LogP contribution in [0, 0.1) is 5.82 Å². The second-order valence-corrected chi connectivity index (χ2v) is 15.8. The molecule has 2 atom stereocenters. The molecule has 3 fully saturated rings. The Labute approximate surface area is 186 Å². The molecule has 3 saturated heterocycles. The number of carbonyl (C=O) groups is 1. The molecule has 1 aromatic carbocycles. The molecule has 0 radical (unpaired) electrons. The molecule has 0 N–H and O–H groups in total. The van der Waals surface area contributed by atoms with Gasteiger partial charge in [0.05, 0.1) is 0 Å². The van der Waals surface area contributed by atoms with Crippen LogP contribution in [0.4, 0.5) is 9.18 Å². The Morgan fingerprint density at radius 3 is 2.70 bits per heavy atom. The van der Waals surface area contributed by atoms with Crippen LogP contribution in [-0.2, 0) is 10.2 Å². The number of benzene rings is 1. The molecule has 0 amide bonds. The van der Waals surface area contributed by atoms with Gasteiger partial charge in [0.25, 0.3) is 0 Å². The van der Waals surface area contributed by atoms with E-state index in [4.69, 9.17) is 9.47 Å². The summed E-state index contributed by atoms with van der Waals surface area (Å²) in [5.74, 6) is 0.712. The number of carbonyl (C=O) groups excluding carboxylic acids is 1. The van der Waals surface area contributed by atoms with E-state index in [0.717, 1.165) is 50.1 Å². The molecular formula is C24H33FINO3. The third kappa shape index (κ3) is 3.76. The van der Waals surface area contributed by atoms with Gasteiger partial charge in [-0.15, -0.1) is 0 Å². The van der Waals surface area contributed by atoms with Crippen LogP contribution in [0.2, 0.25) is 0 Å². The fourth-order valence-corrected chi connectivity index (χ4v) is 13.7. The van der Waals surface area contributed by atoms with Crippen LogP contribution in [0.1, 0.15) is 63.9 Å².